The van der Waals surface area contributed by atoms with Gasteiger partial charge in [-0.3, -0.25) is 14.4 Å². The first-order valence-electron chi connectivity index (χ1n) is 13.6. The van der Waals surface area contributed by atoms with Crippen molar-refractivity contribution < 1.29 is 37.4 Å². The molecule has 1 saturated heterocycles. The Morgan fingerprint density at radius 2 is 1.90 bits per heavy atom. The highest BCUT2D eigenvalue weighted by atomic mass is 19.1. The van der Waals surface area contributed by atoms with Gasteiger partial charge >= 0.3 is 0 Å². The Bertz CT molecular complexity index is 1540. The highest BCUT2D eigenvalue weighted by Gasteiger charge is 2.49. The number of ether oxygens (including phenoxy) is 3. The molecule has 2 aromatic carbocycles. The van der Waals surface area contributed by atoms with Gasteiger partial charge in [0, 0.05) is 30.3 Å². The van der Waals surface area contributed by atoms with Crippen molar-refractivity contribution in [2.24, 2.45) is 5.92 Å². The van der Waals surface area contributed by atoms with Crippen LogP contribution in [0.25, 0.3) is 11.0 Å². The molecule has 6 rings (SSSR count). The summed E-state index contributed by atoms with van der Waals surface area (Å²) in [4.78, 5) is 42.0. The van der Waals surface area contributed by atoms with Gasteiger partial charge in [-0.2, -0.15) is 0 Å². The Morgan fingerprint density at radius 1 is 1.12 bits per heavy atom. The number of carbonyl (C=O) groups excluding carboxylic acids is 3. The molecular formula is C30H32FN3O7. The molecule has 0 radical (unpaired) electrons. The molecule has 11 heteroatoms. The molecule has 2 N–H and O–H groups in total. The van der Waals surface area contributed by atoms with Crippen molar-refractivity contribution in [3.05, 3.63) is 59.1 Å². The van der Waals surface area contributed by atoms with Gasteiger partial charge in [-0.15, -0.1) is 0 Å². The number of furan rings is 1. The van der Waals surface area contributed by atoms with Crippen molar-refractivity contribution in [1.29, 1.82) is 0 Å². The van der Waals surface area contributed by atoms with Gasteiger partial charge in [-0.1, -0.05) is 6.07 Å². The van der Waals surface area contributed by atoms with Crippen LogP contribution in [0.5, 0.6) is 11.5 Å². The predicted octanol–water partition coefficient (Wildman–Crippen LogP) is 3.42. The van der Waals surface area contributed by atoms with Crippen molar-refractivity contribution in [2.45, 2.75) is 44.3 Å². The number of halogens is 1. The maximum atomic E-state index is 14.0. The lowest BCUT2D eigenvalue weighted by molar-refractivity contribution is -0.133. The fourth-order valence-corrected chi connectivity index (χ4v) is 5.22. The normalized spacial score (nSPS) is 21.4. The Balaban J connectivity index is 1.27. The summed E-state index contributed by atoms with van der Waals surface area (Å²) in [6.07, 6.45) is 1.93. The first kappa shape index (κ1) is 27.1. The highest BCUT2D eigenvalue weighted by molar-refractivity contribution is 6.06. The van der Waals surface area contributed by atoms with E-state index >= 15 is 0 Å². The number of hydrogen-bond acceptors (Lipinski definition) is 7. The number of hydrogen-bond donors (Lipinski definition) is 2. The summed E-state index contributed by atoms with van der Waals surface area (Å²) < 4.78 is 36.3. The van der Waals surface area contributed by atoms with Crippen LogP contribution in [-0.4, -0.2) is 67.2 Å². The lowest BCUT2D eigenvalue weighted by Crippen LogP contribution is -2.61. The fraction of sp³-hybridized carbons (Fsp3) is 0.433. The number of nitrogens with zero attached hydrogens (tertiary/aromatic N) is 1. The van der Waals surface area contributed by atoms with Crippen LogP contribution in [0.4, 0.5) is 4.39 Å². The van der Waals surface area contributed by atoms with Gasteiger partial charge in [0.1, 0.15) is 23.8 Å². The summed E-state index contributed by atoms with van der Waals surface area (Å²) in [5.41, 5.74) is -0.439. The maximum Gasteiger partial charge on any atom is 0.294 e. The molecule has 3 heterocycles. The molecule has 3 amide bonds. The summed E-state index contributed by atoms with van der Waals surface area (Å²) in [6, 6.07) is 9.02. The maximum absolute atomic E-state index is 14.0. The minimum Gasteiger partial charge on any atom is -0.496 e. The van der Waals surface area contributed by atoms with E-state index in [0.29, 0.717) is 47.6 Å². The van der Waals surface area contributed by atoms with Gasteiger partial charge in [-0.05, 0) is 56.9 Å². The van der Waals surface area contributed by atoms with E-state index in [1.807, 2.05) is 6.92 Å². The molecule has 216 valence electrons. The lowest BCUT2D eigenvalue weighted by Gasteiger charge is -2.38. The standard InChI is InChI=1S/C30H32FN3O7/c1-29(14-39-15-29)33-26(35)18-7-9-21-23(10-18)41-25-24(21)40-16-30(2,34(27(25)36)13-17-4-5-17)28(37)32-12-19-6-8-20(31)11-22(19)38-3/h6-11,17H,4-5,12-16H2,1-3H3,(H,32,37)(H,33,35). The summed E-state index contributed by atoms with van der Waals surface area (Å²) in [6.45, 7) is 4.80. The molecule has 41 heavy (non-hydrogen) atoms. The van der Waals surface area contributed by atoms with Crippen LogP contribution in [0.3, 0.4) is 0 Å². The minimum atomic E-state index is -1.35. The van der Waals surface area contributed by atoms with Crippen molar-refractivity contribution >= 4 is 28.7 Å². The molecule has 3 aliphatic rings. The third-order valence-corrected chi connectivity index (χ3v) is 8.01. The Labute approximate surface area is 236 Å². The molecule has 10 nitrogen and oxygen atoms in total. The van der Waals surface area contributed by atoms with Crippen LogP contribution in [0.15, 0.2) is 40.8 Å². The summed E-state index contributed by atoms with van der Waals surface area (Å²) >= 11 is 0. The van der Waals surface area contributed by atoms with Gasteiger partial charge in [0.2, 0.25) is 11.7 Å². The first-order valence-corrected chi connectivity index (χ1v) is 13.6. The average molecular weight is 566 g/mol. The summed E-state index contributed by atoms with van der Waals surface area (Å²) in [5, 5.41) is 6.38. The van der Waals surface area contributed by atoms with Crippen LogP contribution in [0.1, 0.15) is 53.2 Å². The zero-order valence-corrected chi connectivity index (χ0v) is 23.2. The molecule has 2 aliphatic heterocycles. The van der Waals surface area contributed by atoms with Crippen molar-refractivity contribution in [3.8, 4) is 11.5 Å². The number of benzene rings is 2. The van der Waals surface area contributed by atoms with Crippen LogP contribution in [0, 0.1) is 11.7 Å². The number of methoxy groups -OCH3 is 1. The molecular weight excluding hydrogens is 533 g/mol. The quantitative estimate of drug-likeness (QED) is 0.430. The fourth-order valence-electron chi connectivity index (χ4n) is 5.22. The molecule has 1 atom stereocenters. The monoisotopic (exact) mass is 565 g/mol. The second kappa shape index (κ2) is 10.1. The van der Waals surface area contributed by atoms with Crippen molar-refractivity contribution in [2.75, 3.05) is 33.5 Å². The zero-order valence-electron chi connectivity index (χ0n) is 23.2. The van der Waals surface area contributed by atoms with E-state index in [2.05, 4.69) is 10.6 Å². The van der Waals surface area contributed by atoms with Crippen LogP contribution >= 0.6 is 0 Å². The zero-order chi connectivity index (χ0) is 28.9. The molecule has 1 aromatic heterocycles. The SMILES string of the molecule is COc1cc(F)ccc1CNC(=O)C1(C)COc2c(oc3cc(C(=O)NC4(C)COC4)ccc23)C(=O)N1CC1CC1. The number of rotatable bonds is 8. The topological polar surface area (TPSA) is 119 Å². The lowest BCUT2D eigenvalue weighted by atomic mass is 9.98. The van der Waals surface area contributed by atoms with Gasteiger partial charge < -0.3 is 34.2 Å². The third-order valence-electron chi connectivity index (χ3n) is 8.01. The molecule has 1 aliphatic carbocycles. The Morgan fingerprint density at radius 3 is 2.59 bits per heavy atom. The highest BCUT2D eigenvalue weighted by Crippen LogP contribution is 2.41. The van der Waals surface area contributed by atoms with Gasteiger partial charge in [-0.25, -0.2) is 4.39 Å². The van der Waals surface area contributed by atoms with Crippen molar-refractivity contribution in [3.63, 3.8) is 0 Å². The largest absolute Gasteiger partial charge is 0.496 e. The minimum absolute atomic E-state index is 0.00529. The second-order valence-electron chi connectivity index (χ2n) is 11.5. The predicted molar refractivity (Wildman–Crippen MR) is 145 cm³/mol. The Kier molecular flexibility index (Phi) is 6.64. The molecule has 2 fully saturated rings. The van der Waals surface area contributed by atoms with Crippen LogP contribution in [0.2, 0.25) is 0 Å². The van der Waals surface area contributed by atoms with E-state index in [1.165, 1.54) is 24.1 Å². The average Bonchev–Trinajstić information content (AvgIpc) is 3.71. The van der Waals surface area contributed by atoms with Crippen LogP contribution < -0.4 is 20.1 Å². The number of nitrogens with one attached hydrogen (secondary N) is 2. The van der Waals surface area contributed by atoms with Gasteiger partial charge in [0.15, 0.2) is 11.3 Å². The van der Waals surface area contributed by atoms with Crippen molar-refractivity contribution in [1.82, 2.24) is 15.5 Å². The Hall–Kier alpha value is -4.12. The number of carbonyl (C=O) groups is 3. The molecule has 0 bridgehead atoms. The van der Waals surface area contributed by atoms with Crippen LogP contribution in [-0.2, 0) is 16.1 Å². The number of fused-ring (bicyclic) bond motifs is 3. The summed E-state index contributed by atoms with van der Waals surface area (Å²) in [7, 11) is 1.43. The van der Waals surface area contributed by atoms with Gasteiger partial charge in [0.25, 0.3) is 11.8 Å². The molecule has 1 unspecified atom stereocenters. The van der Waals surface area contributed by atoms with E-state index in [-0.39, 0.29) is 36.5 Å². The summed E-state index contributed by atoms with van der Waals surface area (Å²) in [5.74, 6) is -0.758. The van der Waals surface area contributed by atoms with Gasteiger partial charge in [0.05, 0.1) is 31.2 Å². The van der Waals surface area contributed by atoms with E-state index in [4.69, 9.17) is 18.6 Å². The van der Waals surface area contributed by atoms with E-state index < -0.39 is 28.7 Å². The molecule has 3 aromatic rings. The second-order valence-corrected chi connectivity index (χ2v) is 11.5. The molecule has 1 saturated carbocycles. The number of amides is 3. The molecule has 0 spiro atoms. The first-order chi connectivity index (χ1) is 19.6. The third kappa shape index (κ3) is 4.99. The van der Waals surface area contributed by atoms with E-state index in [1.54, 1.807) is 31.2 Å². The smallest absolute Gasteiger partial charge is 0.294 e. The van der Waals surface area contributed by atoms with E-state index in [0.717, 1.165) is 12.8 Å². The van der Waals surface area contributed by atoms with E-state index in [9.17, 15) is 18.8 Å².